The van der Waals surface area contributed by atoms with Crippen molar-refractivity contribution in [2.24, 2.45) is 0 Å². The van der Waals surface area contributed by atoms with Gasteiger partial charge in [0.2, 0.25) is 5.95 Å². The molecular weight excluding hydrogens is 555 g/mol. The summed E-state index contributed by atoms with van der Waals surface area (Å²) >= 11 is 0. The molecule has 0 spiro atoms. The smallest absolute Gasteiger partial charge is 0.394 e. The van der Waals surface area contributed by atoms with Gasteiger partial charge in [0.05, 0.1) is 38.1 Å². The quantitative estimate of drug-likeness (QED) is 0.130. The number of aromatic amines is 1. The van der Waals surface area contributed by atoms with Crippen LogP contribution in [0.3, 0.4) is 0 Å². The number of phosphoric acid groups is 1. The predicted molar refractivity (Wildman–Crippen MR) is 133 cm³/mol. The summed E-state index contributed by atoms with van der Waals surface area (Å²) in [4.78, 5) is 45.3. The average molecular weight is 580 g/mol. The van der Waals surface area contributed by atoms with Gasteiger partial charge in [-0.15, -0.1) is 0 Å². The van der Waals surface area contributed by atoms with Crippen LogP contribution in [0.5, 0.6) is 0 Å². The van der Waals surface area contributed by atoms with Gasteiger partial charge in [-0.1, -0.05) is 0 Å². The van der Waals surface area contributed by atoms with Crippen LogP contribution in [0.15, 0.2) is 23.8 Å². The molecule has 0 aliphatic carbocycles. The van der Waals surface area contributed by atoms with E-state index in [0.29, 0.717) is 11.2 Å². The monoisotopic (exact) mass is 580 g/mol. The lowest BCUT2D eigenvalue weighted by molar-refractivity contribution is -0.0593. The molecule has 0 bridgehead atoms. The molecule has 40 heavy (non-hydrogen) atoms. The maximum atomic E-state index is 12.9. The van der Waals surface area contributed by atoms with Crippen molar-refractivity contribution in [2.75, 3.05) is 24.7 Å². The zero-order chi connectivity index (χ0) is 28.2. The number of phosphoric ester groups is 1. The van der Waals surface area contributed by atoms with Crippen LogP contribution in [0.4, 0.5) is 11.8 Å². The molecule has 1 unspecified atom stereocenters. The van der Waals surface area contributed by atoms with Crippen LogP contribution >= 0.6 is 7.82 Å². The van der Waals surface area contributed by atoms with Gasteiger partial charge in [-0.2, -0.15) is 4.98 Å². The Morgan fingerprint density at radius 2 is 1.88 bits per heavy atom. The predicted octanol–water partition coefficient (Wildman–Crippen LogP) is -1.45. The average Bonchev–Trinajstić information content (AvgIpc) is 3.68. The highest BCUT2D eigenvalue weighted by Crippen LogP contribution is 2.50. The summed E-state index contributed by atoms with van der Waals surface area (Å²) in [5.41, 5.74) is 11.7. The number of nitrogens with zero attached hydrogens (tertiary/aromatic N) is 7. The normalized spacial score (nSPS) is 28.5. The van der Waals surface area contributed by atoms with E-state index in [1.807, 2.05) is 0 Å². The van der Waals surface area contributed by atoms with Crippen molar-refractivity contribution >= 4 is 41.9 Å². The zero-order valence-corrected chi connectivity index (χ0v) is 21.4. The van der Waals surface area contributed by atoms with Crippen LogP contribution in [0.25, 0.3) is 22.3 Å². The number of H-pyrrole nitrogens is 1. The molecule has 4 aromatic rings. The third kappa shape index (κ3) is 4.82. The van der Waals surface area contributed by atoms with Crippen molar-refractivity contribution in [1.82, 2.24) is 39.0 Å². The summed E-state index contributed by atoms with van der Waals surface area (Å²) < 4.78 is 38.0. The fraction of sp³-hybridized carbons (Fsp3) is 0.500. The summed E-state index contributed by atoms with van der Waals surface area (Å²) in [5, 5.41) is 20.2. The van der Waals surface area contributed by atoms with Gasteiger partial charge in [0.1, 0.15) is 30.3 Å². The molecule has 4 aromatic heterocycles. The van der Waals surface area contributed by atoms with Crippen LogP contribution in [0.1, 0.15) is 25.3 Å². The molecule has 0 radical (unpaired) electrons. The highest BCUT2D eigenvalue weighted by atomic mass is 31.2. The molecule has 0 aromatic carbocycles. The summed E-state index contributed by atoms with van der Waals surface area (Å²) in [5.74, 6) is 0.0190. The van der Waals surface area contributed by atoms with E-state index in [-0.39, 0.29) is 35.8 Å². The highest BCUT2D eigenvalue weighted by molar-refractivity contribution is 7.47. The van der Waals surface area contributed by atoms with Gasteiger partial charge < -0.3 is 36.0 Å². The lowest BCUT2D eigenvalue weighted by atomic mass is 10.2. The van der Waals surface area contributed by atoms with Crippen molar-refractivity contribution in [3.05, 3.63) is 29.3 Å². The first kappa shape index (κ1) is 26.7. The molecule has 20 heteroatoms. The molecule has 214 valence electrons. The summed E-state index contributed by atoms with van der Waals surface area (Å²) in [7, 11) is -4.76. The van der Waals surface area contributed by atoms with E-state index in [1.54, 1.807) is 4.57 Å². The minimum Gasteiger partial charge on any atom is -0.394 e. The van der Waals surface area contributed by atoms with Gasteiger partial charge in [-0.25, -0.2) is 24.5 Å². The van der Waals surface area contributed by atoms with Crippen molar-refractivity contribution < 1.29 is 38.2 Å². The fourth-order valence-electron chi connectivity index (χ4n) is 4.79. The molecule has 6 heterocycles. The first-order valence-corrected chi connectivity index (χ1v) is 13.5. The van der Waals surface area contributed by atoms with Gasteiger partial charge in [0.25, 0.3) is 5.56 Å². The first-order chi connectivity index (χ1) is 19.1. The van der Waals surface area contributed by atoms with Gasteiger partial charge in [-0.05, 0) is 0 Å². The van der Waals surface area contributed by atoms with Crippen LogP contribution in [-0.4, -0.2) is 91.8 Å². The Hall–Kier alpha value is -3.55. The second-order valence-corrected chi connectivity index (χ2v) is 10.7. The SMILES string of the molecule is Nc1nc2c(ncn2[C@@H]2O[C@H](CO)C[C@H]2OP(=O)(O)OC[C@H]2O[C@@H](n3cnc4c(N)ncnc43)C[C@@H]2O)c(=O)[nH]1. The van der Waals surface area contributed by atoms with E-state index in [4.69, 9.17) is 30.0 Å². The van der Waals surface area contributed by atoms with E-state index in [1.165, 1.54) is 23.5 Å². The number of aliphatic hydroxyl groups is 2. The molecule has 19 nitrogen and oxygen atoms in total. The van der Waals surface area contributed by atoms with E-state index in [0.717, 1.165) is 0 Å². The van der Waals surface area contributed by atoms with E-state index >= 15 is 0 Å². The number of rotatable bonds is 8. The number of nitrogens with two attached hydrogens (primary N) is 2. The number of fused-ring (bicyclic) bond motifs is 2. The van der Waals surface area contributed by atoms with E-state index in [9.17, 15) is 24.5 Å². The molecule has 2 aliphatic heterocycles. The fourth-order valence-corrected chi connectivity index (χ4v) is 5.72. The molecular formula is C20H25N10O9P. The van der Waals surface area contributed by atoms with Gasteiger partial charge in [0, 0.05) is 12.8 Å². The second kappa shape index (κ2) is 10.1. The van der Waals surface area contributed by atoms with Crippen LogP contribution in [0, 0.1) is 0 Å². The van der Waals surface area contributed by atoms with Gasteiger partial charge >= 0.3 is 7.82 Å². The number of aliphatic hydroxyl groups excluding tert-OH is 2. The number of aromatic nitrogens is 8. The standard InChI is InChI=1S/C20H25N10O9P/c21-15-13-16(24-5-23-15)29(6-25-13)12-2-9(32)11(38-12)4-36-40(34,35)39-10-1-8(3-31)37-19(10)30-7-26-14-17(30)27-20(22)28-18(14)33/h5-12,19,31-32H,1-4H2,(H,34,35)(H2,21,23,24)(H3,22,27,28,33)/t8-,9-,10+,11+,12+,19+/m0/s1. The molecule has 2 aliphatic rings. The first-order valence-electron chi connectivity index (χ1n) is 12.0. The molecule has 6 rings (SSSR count). The lowest BCUT2D eigenvalue weighted by Crippen LogP contribution is -2.27. The molecule has 2 saturated heterocycles. The summed E-state index contributed by atoms with van der Waals surface area (Å²) in [6.45, 7) is -0.892. The zero-order valence-electron chi connectivity index (χ0n) is 20.5. The third-order valence-electron chi connectivity index (χ3n) is 6.65. The Balaban J connectivity index is 1.15. The largest absolute Gasteiger partial charge is 0.472 e. The van der Waals surface area contributed by atoms with Gasteiger partial charge in [0.15, 0.2) is 28.9 Å². The minimum atomic E-state index is -4.76. The number of hydrogen-bond donors (Lipinski definition) is 6. The Morgan fingerprint density at radius 1 is 1.10 bits per heavy atom. The van der Waals surface area contributed by atoms with Gasteiger partial charge in [-0.3, -0.25) is 28.0 Å². The van der Waals surface area contributed by atoms with Crippen molar-refractivity contribution in [2.45, 2.75) is 49.7 Å². The number of imidazole rings is 2. The highest BCUT2D eigenvalue weighted by Gasteiger charge is 2.44. The Morgan fingerprint density at radius 3 is 2.67 bits per heavy atom. The molecule has 7 atom stereocenters. The van der Waals surface area contributed by atoms with E-state index < -0.39 is 63.5 Å². The Bertz CT molecular complexity index is 1660. The molecule has 2 fully saturated rings. The van der Waals surface area contributed by atoms with E-state index in [2.05, 4.69) is 29.9 Å². The topological polar surface area (TPSA) is 274 Å². The number of nitrogens with one attached hydrogen (secondary N) is 1. The second-order valence-electron chi connectivity index (χ2n) is 9.27. The Labute approximate surface area is 223 Å². The van der Waals surface area contributed by atoms with Crippen LogP contribution < -0.4 is 17.0 Å². The van der Waals surface area contributed by atoms with Crippen molar-refractivity contribution in [3.8, 4) is 0 Å². The minimum absolute atomic E-state index is 0.0107. The molecule has 0 saturated carbocycles. The number of nitrogen functional groups attached to an aromatic ring is 2. The number of hydrogen-bond acceptors (Lipinski definition) is 15. The number of anilines is 2. The summed E-state index contributed by atoms with van der Waals surface area (Å²) in [6, 6.07) is 0. The maximum Gasteiger partial charge on any atom is 0.472 e. The van der Waals surface area contributed by atoms with Crippen LogP contribution in [-0.2, 0) is 23.1 Å². The Kier molecular flexibility index (Phi) is 6.75. The molecule has 8 N–H and O–H groups in total. The third-order valence-corrected chi connectivity index (χ3v) is 7.66. The molecule has 0 amide bonds. The van der Waals surface area contributed by atoms with Crippen molar-refractivity contribution in [3.63, 3.8) is 0 Å². The van der Waals surface area contributed by atoms with Crippen LogP contribution in [0.2, 0.25) is 0 Å². The van der Waals surface area contributed by atoms with Crippen molar-refractivity contribution in [1.29, 1.82) is 0 Å². The lowest BCUT2D eigenvalue weighted by Gasteiger charge is -2.23. The maximum absolute atomic E-state index is 12.9. The summed E-state index contributed by atoms with van der Waals surface area (Å²) in [6.07, 6.45) is -1.58. The number of ether oxygens (including phenoxy) is 2.